The maximum absolute atomic E-state index is 4.73. The van der Waals surface area contributed by atoms with E-state index in [1.54, 1.807) is 0 Å². The van der Waals surface area contributed by atoms with E-state index in [1.807, 2.05) is 0 Å². The van der Waals surface area contributed by atoms with Crippen molar-refractivity contribution < 1.29 is 0 Å². The van der Waals surface area contributed by atoms with Crippen molar-refractivity contribution in [2.75, 3.05) is 0 Å². The fraction of sp³-hybridized carbons (Fsp3) is 0. The summed E-state index contributed by atoms with van der Waals surface area (Å²) in [6.07, 6.45) is 0. The highest BCUT2D eigenvalue weighted by Crippen LogP contribution is 2.42. The average Bonchev–Trinajstić information content (AvgIpc) is 2.53. The Hall–Kier alpha value is -2.25. The Morgan fingerprint density at radius 2 is 1.05 bits per heavy atom. The van der Waals surface area contributed by atoms with Crippen LogP contribution < -0.4 is 0 Å². The van der Waals surface area contributed by atoms with Gasteiger partial charge >= 0.3 is 0 Å². The van der Waals surface area contributed by atoms with Crippen LogP contribution in [0.1, 0.15) is 0 Å². The van der Waals surface area contributed by atoms with Gasteiger partial charge in [-0.05, 0) is 43.8 Å². The average molecular weight is 284 g/mol. The summed E-state index contributed by atoms with van der Waals surface area (Å²) in [5, 5.41) is 10.5. The van der Waals surface area contributed by atoms with Crippen molar-refractivity contribution in [3.63, 3.8) is 0 Å². The molecule has 1 heteroatoms. The van der Waals surface area contributed by atoms with Crippen molar-refractivity contribution in [2.45, 2.75) is 4.90 Å². The quantitative estimate of drug-likeness (QED) is 0.200. The van der Waals surface area contributed by atoms with Gasteiger partial charge in [0.2, 0.25) is 0 Å². The molecule has 0 spiro atoms. The zero-order valence-electron chi connectivity index (χ0n) is 11.3. The fourth-order valence-corrected chi connectivity index (χ4v) is 3.95. The minimum atomic E-state index is 1.05. The van der Waals surface area contributed by atoms with E-state index in [0.29, 0.717) is 0 Å². The second kappa shape index (κ2) is 3.90. The zero-order valence-corrected chi connectivity index (χ0v) is 12.2. The third kappa shape index (κ3) is 1.37. The van der Waals surface area contributed by atoms with Crippen molar-refractivity contribution in [1.29, 1.82) is 0 Å². The number of benzene rings is 5. The zero-order chi connectivity index (χ0) is 14.0. The number of rotatable bonds is 0. The lowest BCUT2D eigenvalue weighted by atomic mass is 9.90. The third-order valence-electron chi connectivity index (χ3n) is 4.49. The summed E-state index contributed by atoms with van der Waals surface area (Å²) in [6, 6.07) is 23.9. The van der Waals surface area contributed by atoms with E-state index in [4.69, 9.17) is 12.6 Å². The van der Waals surface area contributed by atoms with Gasteiger partial charge in [0.1, 0.15) is 0 Å². The van der Waals surface area contributed by atoms with Crippen LogP contribution in [0.25, 0.3) is 43.1 Å². The Labute approximate surface area is 127 Å². The Bertz CT molecular complexity index is 1130. The molecule has 0 bridgehead atoms. The Morgan fingerprint density at radius 3 is 1.76 bits per heavy atom. The largest absolute Gasteiger partial charge is 0.143 e. The van der Waals surface area contributed by atoms with E-state index in [9.17, 15) is 0 Å². The van der Waals surface area contributed by atoms with Gasteiger partial charge in [0, 0.05) is 10.3 Å². The van der Waals surface area contributed by atoms with Crippen molar-refractivity contribution in [1.82, 2.24) is 0 Å². The van der Waals surface area contributed by atoms with E-state index < -0.39 is 0 Å². The van der Waals surface area contributed by atoms with E-state index in [0.717, 1.165) is 4.90 Å². The topological polar surface area (TPSA) is 0 Å². The molecule has 0 saturated heterocycles. The molecule has 0 radical (unpaired) electrons. The highest BCUT2D eigenvalue weighted by Gasteiger charge is 2.13. The van der Waals surface area contributed by atoms with Crippen LogP contribution in [0.15, 0.2) is 71.6 Å². The molecule has 5 rings (SSSR count). The van der Waals surface area contributed by atoms with Gasteiger partial charge in [0.15, 0.2) is 0 Å². The van der Waals surface area contributed by atoms with Crippen molar-refractivity contribution in [3.8, 4) is 0 Å². The maximum Gasteiger partial charge on any atom is 0.0125 e. The summed E-state index contributed by atoms with van der Waals surface area (Å²) in [5.41, 5.74) is 0. The molecule has 0 heterocycles. The molecule has 5 aromatic carbocycles. The SMILES string of the molecule is Sc1ccc2cccc3c4cccc5cccc(c1c23)c54. The molecule has 0 saturated carbocycles. The van der Waals surface area contributed by atoms with Gasteiger partial charge in [-0.15, -0.1) is 12.6 Å². The van der Waals surface area contributed by atoms with Crippen molar-refractivity contribution in [2.24, 2.45) is 0 Å². The first-order valence-corrected chi connectivity index (χ1v) is 7.56. The van der Waals surface area contributed by atoms with Gasteiger partial charge in [0.05, 0.1) is 0 Å². The molecule has 0 aliphatic rings. The van der Waals surface area contributed by atoms with Crippen LogP contribution in [-0.4, -0.2) is 0 Å². The predicted molar refractivity (Wildman–Crippen MR) is 94.9 cm³/mol. The lowest BCUT2D eigenvalue weighted by Gasteiger charge is -2.15. The third-order valence-corrected chi connectivity index (χ3v) is 4.86. The van der Waals surface area contributed by atoms with Crippen molar-refractivity contribution >= 4 is 55.7 Å². The normalized spacial score (nSPS) is 12.0. The summed E-state index contributed by atoms with van der Waals surface area (Å²) < 4.78 is 0. The van der Waals surface area contributed by atoms with Crippen LogP contribution in [0.3, 0.4) is 0 Å². The highest BCUT2D eigenvalue weighted by molar-refractivity contribution is 7.80. The van der Waals surface area contributed by atoms with E-state index in [2.05, 4.69) is 66.7 Å². The molecule has 0 fully saturated rings. The van der Waals surface area contributed by atoms with Crippen LogP contribution in [0.2, 0.25) is 0 Å². The van der Waals surface area contributed by atoms with Gasteiger partial charge in [0.25, 0.3) is 0 Å². The van der Waals surface area contributed by atoms with Crippen LogP contribution in [-0.2, 0) is 0 Å². The first-order valence-electron chi connectivity index (χ1n) is 7.12. The van der Waals surface area contributed by atoms with Crippen LogP contribution >= 0.6 is 12.6 Å². The Kier molecular flexibility index (Phi) is 2.12. The summed E-state index contributed by atoms with van der Waals surface area (Å²) in [6.45, 7) is 0. The molecule has 0 unspecified atom stereocenters. The summed E-state index contributed by atoms with van der Waals surface area (Å²) in [7, 11) is 0. The molecule has 0 aliphatic carbocycles. The number of hydrogen-bond donors (Lipinski definition) is 1. The molecule has 0 aliphatic heterocycles. The first kappa shape index (κ1) is 11.4. The molecule has 0 nitrogen and oxygen atoms in total. The lowest BCUT2D eigenvalue weighted by Crippen LogP contribution is -1.87. The summed E-state index contributed by atoms with van der Waals surface area (Å²) in [5.74, 6) is 0. The fourth-order valence-electron chi connectivity index (χ4n) is 3.64. The lowest BCUT2D eigenvalue weighted by molar-refractivity contribution is 1.60. The second-order valence-electron chi connectivity index (χ2n) is 5.57. The van der Waals surface area contributed by atoms with Gasteiger partial charge in [-0.25, -0.2) is 0 Å². The molecule has 21 heavy (non-hydrogen) atoms. The van der Waals surface area contributed by atoms with Crippen LogP contribution in [0, 0.1) is 0 Å². The number of fused-ring (bicyclic) bond motifs is 2. The monoisotopic (exact) mass is 284 g/mol. The predicted octanol–water partition coefficient (Wildman–Crippen LogP) is 6.03. The second-order valence-corrected chi connectivity index (χ2v) is 6.05. The molecule has 0 amide bonds. The minimum absolute atomic E-state index is 1.05. The molecule has 98 valence electrons. The van der Waals surface area contributed by atoms with Gasteiger partial charge in [-0.3, -0.25) is 0 Å². The van der Waals surface area contributed by atoms with Gasteiger partial charge in [-0.2, -0.15) is 0 Å². The van der Waals surface area contributed by atoms with Crippen molar-refractivity contribution in [3.05, 3.63) is 66.7 Å². The number of hydrogen-bond acceptors (Lipinski definition) is 1. The van der Waals surface area contributed by atoms with Gasteiger partial charge < -0.3 is 0 Å². The molecule has 0 atom stereocenters. The Balaban J connectivity index is 2.32. The smallest absolute Gasteiger partial charge is 0.0125 e. The van der Waals surface area contributed by atoms with E-state index >= 15 is 0 Å². The summed E-state index contributed by atoms with van der Waals surface area (Å²) >= 11 is 4.73. The molecular weight excluding hydrogens is 272 g/mol. The molecule has 0 N–H and O–H groups in total. The Morgan fingerprint density at radius 1 is 0.476 bits per heavy atom. The molecular formula is C20H12S. The minimum Gasteiger partial charge on any atom is -0.143 e. The molecule has 0 aromatic heterocycles. The maximum atomic E-state index is 4.73. The first-order chi connectivity index (χ1) is 10.3. The highest BCUT2D eigenvalue weighted by atomic mass is 32.1. The van der Waals surface area contributed by atoms with Crippen LogP contribution in [0.5, 0.6) is 0 Å². The van der Waals surface area contributed by atoms with E-state index in [-0.39, 0.29) is 0 Å². The van der Waals surface area contributed by atoms with Gasteiger partial charge in [-0.1, -0.05) is 60.7 Å². The van der Waals surface area contributed by atoms with Crippen LogP contribution in [0.4, 0.5) is 0 Å². The van der Waals surface area contributed by atoms with E-state index in [1.165, 1.54) is 43.1 Å². The summed E-state index contributed by atoms with van der Waals surface area (Å²) in [4.78, 5) is 1.05. The standard InChI is InChI=1S/C20H12S/c21-17-11-10-13-6-2-8-15-14-7-1-4-12-5-3-9-16(18(12)14)20(17)19(13)15/h1-11,21H. The molecule has 5 aromatic rings. The number of thiol groups is 1.